The van der Waals surface area contributed by atoms with Crippen LogP contribution in [0.25, 0.3) is 21.7 Å². The van der Waals surface area contributed by atoms with Crippen LogP contribution in [0.3, 0.4) is 0 Å². The largest absolute Gasteiger partial charge is 0.422 e. The monoisotopic (exact) mass is 386 g/mol. The van der Waals surface area contributed by atoms with E-state index >= 15 is 0 Å². The minimum absolute atomic E-state index is 0.264. The molecule has 2 heterocycles. The molecule has 2 aromatic heterocycles. The highest BCUT2D eigenvalue weighted by molar-refractivity contribution is 7.13. The third-order valence-corrected chi connectivity index (χ3v) is 4.97. The van der Waals surface area contributed by atoms with Crippen LogP contribution in [-0.2, 0) is 7.05 Å². The van der Waals surface area contributed by atoms with E-state index < -0.39 is 5.97 Å². The molecule has 6 nitrogen and oxygen atoms in total. The summed E-state index contributed by atoms with van der Waals surface area (Å²) in [5.74, 6) is -0.0594. The first-order valence-electron chi connectivity index (χ1n) is 8.40. The number of carbonyl (C=O) groups is 1. The van der Waals surface area contributed by atoms with Crippen LogP contribution in [0.2, 0.25) is 0 Å². The molecule has 0 aliphatic heterocycles. The van der Waals surface area contributed by atoms with Crippen molar-refractivity contribution in [1.29, 1.82) is 5.26 Å². The number of thiazole rings is 1. The van der Waals surface area contributed by atoms with Crippen molar-refractivity contribution in [1.82, 2.24) is 14.8 Å². The van der Waals surface area contributed by atoms with Crippen LogP contribution >= 0.6 is 11.3 Å². The zero-order valence-corrected chi connectivity index (χ0v) is 15.7. The van der Waals surface area contributed by atoms with E-state index in [1.54, 1.807) is 40.5 Å². The molecule has 0 N–H and O–H groups in total. The summed E-state index contributed by atoms with van der Waals surface area (Å²) in [4.78, 5) is 16.7. The lowest BCUT2D eigenvalue weighted by molar-refractivity contribution is 0.0729. The fourth-order valence-corrected chi connectivity index (χ4v) is 3.41. The molecule has 4 aromatic rings. The topological polar surface area (TPSA) is 80.8 Å². The number of aromatic nitrogens is 3. The van der Waals surface area contributed by atoms with Gasteiger partial charge in [0, 0.05) is 24.2 Å². The van der Waals surface area contributed by atoms with Crippen molar-refractivity contribution in [2.45, 2.75) is 0 Å². The summed E-state index contributed by atoms with van der Waals surface area (Å²) in [6.45, 7) is 0. The van der Waals surface area contributed by atoms with E-state index in [1.165, 1.54) is 11.3 Å². The first kappa shape index (κ1) is 17.6. The summed E-state index contributed by atoms with van der Waals surface area (Å²) in [5.41, 5.74) is 3.69. The number of rotatable bonds is 4. The summed E-state index contributed by atoms with van der Waals surface area (Å²) in [7, 11) is 1.83. The van der Waals surface area contributed by atoms with Gasteiger partial charge >= 0.3 is 5.97 Å². The zero-order valence-electron chi connectivity index (χ0n) is 14.9. The molecule has 0 amide bonds. The van der Waals surface area contributed by atoms with Gasteiger partial charge in [-0.1, -0.05) is 24.3 Å². The maximum atomic E-state index is 12.4. The molecule has 4 rings (SSSR count). The Morgan fingerprint density at radius 3 is 2.36 bits per heavy atom. The molecule has 0 bridgehead atoms. The van der Waals surface area contributed by atoms with Crippen LogP contribution in [0, 0.1) is 11.3 Å². The van der Waals surface area contributed by atoms with E-state index in [9.17, 15) is 4.79 Å². The number of ether oxygens (including phenoxy) is 1. The van der Waals surface area contributed by atoms with E-state index in [2.05, 4.69) is 16.2 Å². The summed E-state index contributed by atoms with van der Waals surface area (Å²) < 4.78 is 7.11. The SMILES string of the molecule is Cn1cc(-c2nc(C(=O)Oc3ccc(-c4ccc(C#N)cc4)cc3)cs2)cn1. The standard InChI is InChI=1S/C21H14N4O2S/c1-25-12-17(11-23-25)20-24-19(13-28-20)21(26)27-18-8-6-16(7-9-18)15-4-2-14(10-22)3-5-15/h2-9,11-13H,1H3. The molecule has 0 atom stereocenters. The lowest BCUT2D eigenvalue weighted by Crippen LogP contribution is -2.08. The van der Waals surface area contributed by atoms with Gasteiger partial charge in [-0.2, -0.15) is 10.4 Å². The van der Waals surface area contributed by atoms with Crippen LogP contribution in [-0.4, -0.2) is 20.7 Å². The Morgan fingerprint density at radius 1 is 1.07 bits per heavy atom. The summed E-state index contributed by atoms with van der Waals surface area (Å²) in [6.07, 6.45) is 3.55. The van der Waals surface area contributed by atoms with Crippen molar-refractivity contribution in [2.75, 3.05) is 0 Å². The zero-order chi connectivity index (χ0) is 19.5. The van der Waals surface area contributed by atoms with Gasteiger partial charge in [-0.3, -0.25) is 4.68 Å². The number of nitrogens with zero attached hydrogens (tertiary/aromatic N) is 4. The number of aryl methyl sites for hydroxylation is 1. The Labute approximate surface area is 165 Å². The van der Waals surface area contributed by atoms with Crippen LogP contribution in [0.1, 0.15) is 16.1 Å². The summed E-state index contributed by atoms with van der Waals surface area (Å²) in [5, 5.41) is 15.4. The number of benzene rings is 2. The summed E-state index contributed by atoms with van der Waals surface area (Å²) in [6, 6.07) is 16.6. The summed E-state index contributed by atoms with van der Waals surface area (Å²) >= 11 is 1.37. The fraction of sp³-hybridized carbons (Fsp3) is 0.0476. The van der Waals surface area contributed by atoms with Crippen molar-refractivity contribution in [2.24, 2.45) is 7.05 Å². The average Bonchev–Trinajstić information content (AvgIpc) is 3.38. The minimum Gasteiger partial charge on any atom is -0.422 e. The average molecular weight is 386 g/mol. The van der Waals surface area contributed by atoms with Crippen LogP contribution in [0.4, 0.5) is 0 Å². The van der Waals surface area contributed by atoms with Gasteiger partial charge in [0.1, 0.15) is 10.8 Å². The Balaban J connectivity index is 1.46. The third-order valence-electron chi connectivity index (χ3n) is 4.08. The normalized spacial score (nSPS) is 10.4. The molecule has 7 heteroatoms. The van der Waals surface area contributed by atoms with E-state index in [-0.39, 0.29) is 5.69 Å². The molecule has 2 aromatic carbocycles. The molecule has 0 fully saturated rings. The predicted octanol–water partition coefficient (Wildman–Crippen LogP) is 4.30. The fourth-order valence-electron chi connectivity index (χ4n) is 2.64. The highest BCUT2D eigenvalue weighted by Crippen LogP contribution is 2.25. The molecule has 136 valence electrons. The Kier molecular flexibility index (Phi) is 4.70. The van der Waals surface area contributed by atoms with Crippen LogP contribution < -0.4 is 4.74 Å². The number of hydrogen-bond acceptors (Lipinski definition) is 6. The molecule has 0 radical (unpaired) electrons. The molecule has 28 heavy (non-hydrogen) atoms. The Hall–Kier alpha value is -3.76. The van der Waals surface area contributed by atoms with Gasteiger partial charge < -0.3 is 4.74 Å². The van der Waals surface area contributed by atoms with Gasteiger partial charge in [-0.15, -0.1) is 11.3 Å². The smallest absolute Gasteiger partial charge is 0.363 e. The van der Waals surface area contributed by atoms with Crippen molar-refractivity contribution in [3.05, 3.63) is 77.6 Å². The van der Waals surface area contributed by atoms with E-state index in [4.69, 9.17) is 10.00 Å². The molecule has 0 aliphatic carbocycles. The minimum atomic E-state index is -0.502. The van der Waals surface area contributed by atoms with E-state index in [0.717, 1.165) is 21.7 Å². The number of carbonyl (C=O) groups excluding carboxylic acids is 1. The first-order chi connectivity index (χ1) is 13.6. The second kappa shape index (κ2) is 7.47. The molecular weight excluding hydrogens is 372 g/mol. The molecule has 0 saturated heterocycles. The molecular formula is C21H14N4O2S. The number of nitriles is 1. The Bertz CT molecular complexity index is 1170. The third kappa shape index (κ3) is 3.68. The second-order valence-electron chi connectivity index (χ2n) is 6.04. The lowest BCUT2D eigenvalue weighted by Gasteiger charge is -2.05. The Morgan fingerprint density at radius 2 is 1.75 bits per heavy atom. The van der Waals surface area contributed by atoms with Gasteiger partial charge in [0.15, 0.2) is 5.69 Å². The van der Waals surface area contributed by atoms with Gasteiger partial charge in [0.25, 0.3) is 0 Å². The van der Waals surface area contributed by atoms with Gasteiger partial charge in [0.2, 0.25) is 0 Å². The molecule has 0 saturated carbocycles. The van der Waals surface area contributed by atoms with E-state index in [1.807, 2.05) is 37.5 Å². The highest BCUT2D eigenvalue weighted by atomic mass is 32.1. The first-order valence-corrected chi connectivity index (χ1v) is 9.28. The van der Waals surface area contributed by atoms with Crippen molar-refractivity contribution in [3.8, 4) is 33.5 Å². The second-order valence-corrected chi connectivity index (χ2v) is 6.90. The van der Waals surface area contributed by atoms with E-state index in [0.29, 0.717) is 11.3 Å². The maximum Gasteiger partial charge on any atom is 0.363 e. The van der Waals surface area contributed by atoms with Gasteiger partial charge in [-0.25, -0.2) is 9.78 Å². The molecule has 0 unspecified atom stereocenters. The molecule has 0 spiro atoms. The quantitative estimate of drug-likeness (QED) is 0.386. The molecule has 0 aliphatic rings. The van der Waals surface area contributed by atoms with Crippen molar-refractivity contribution in [3.63, 3.8) is 0 Å². The number of esters is 1. The van der Waals surface area contributed by atoms with Gasteiger partial charge in [-0.05, 0) is 35.4 Å². The maximum absolute atomic E-state index is 12.4. The van der Waals surface area contributed by atoms with Crippen molar-refractivity contribution < 1.29 is 9.53 Å². The van der Waals surface area contributed by atoms with Crippen LogP contribution in [0.5, 0.6) is 5.75 Å². The van der Waals surface area contributed by atoms with Gasteiger partial charge in [0.05, 0.1) is 17.8 Å². The lowest BCUT2D eigenvalue weighted by atomic mass is 10.0. The van der Waals surface area contributed by atoms with Crippen molar-refractivity contribution >= 4 is 17.3 Å². The van der Waals surface area contributed by atoms with Crippen LogP contribution in [0.15, 0.2) is 66.3 Å². The highest BCUT2D eigenvalue weighted by Gasteiger charge is 2.15. The number of hydrogen-bond donors (Lipinski definition) is 0. The predicted molar refractivity (Wildman–Crippen MR) is 106 cm³/mol.